The summed E-state index contributed by atoms with van der Waals surface area (Å²) in [6.45, 7) is 3.63. The largest absolute Gasteiger partial charge is 0.326 e. The van der Waals surface area contributed by atoms with Crippen LogP contribution in [0.3, 0.4) is 0 Å². The topological polar surface area (TPSA) is 56.6 Å². The SMILES string of the molecule is Cc1[nH]c(=O)c(C)cc1-c1cccc(C#N)c1. The van der Waals surface area contributed by atoms with Crippen molar-refractivity contribution < 1.29 is 0 Å². The Bertz CT molecular complexity index is 663. The van der Waals surface area contributed by atoms with E-state index in [0.717, 1.165) is 16.8 Å². The van der Waals surface area contributed by atoms with Crippen LogP contribution in [0.4, 0.5) is 0 Å². The van der Waals surface area contributed by atoms with Crippen LogP contribution in [0.2, 0.25) is 0 Å². The summed E-state index contributed by atoms with van der Waals surface area (Å²) < 4.78 is 0. The highest BCUT2D eigenvalue weighted by molar-refractivity contribution is 5.67. The van der Waals surface area contributed by atoms with E-state index in [4.69, 9.17) is 5.26 Å². The molecule has 0 saturated carbocycles. The van der Waals surface area contributed by atoms with Crippen molar-refractivity contribution in [2.24, 2.45) is 0 Å². The molecule has 3 nitrogen and oxygen atoms in total. The number of hydrogen-bond donors (Lipinski definition) is 1. The third kappa shape index (κ3) is 2.11. The number of aryl methyl sites for hydroxylation is 2. The first-order valence-electron chi connectivity index (χ1n) is 5.33. The molecule has 84 valence electrons. The van der Waals surface area contributed by atoms with Crippen molar-refractivity contribution in [3.63, 3.8) is 0 Å². The van der Waals surface area contributed by atoms with Crippen LogP contribution in [0, 0.1) is 25.2 Å². The summed E-state index contributed by atoms with van der Waals surface area (Å²) in [6, 6.07) is 11.3. The Labute approximate surface area is 99.4 Å². The molecule has 0 bridgehead atoms. The van der Waals surface area contributed by atoms with Crippen molar-refractivity contribution in [2.75, 3.05) is 0 Å². The lowest BCUT2D eigenvalue weighted by Gasteiger charge is -2.07. The molecular formula is C14H12N2O. The van der Waals surface area contributed by atoms with E-state index in [-0.39, 0.29) is 5.56 Å². The van der Waals surface area contributed by atoms with Crippen molar-refractivity contribution in [1.82, 2.24) is 4.98 Å². The molecule has 0 spiro atoms. The number of nitriles is 1. The number of nitrogens with zero attached hydrogens (tertiary/aromatic N) is 1. The van der Waals surface area contributed by atoms with E-state index in [1.54, 1.807) is 13.0 Å². The Kier molecular flexibility index (Phi) is 2.80. The van der Waals surface area contributed by atoms with Crippen LogP contribution in [0.25, 0.3) is 11.1 Å². The number of H-pyrrole nitrogens is 1. The van der Waals surface area contributed by atoms with Gasteiger partial charge in [-0.1, -0.05) is 12.1 Å². The molecule has 0 unspecified atom stereocenters. The smallest absolute Gasteiger partial charge is 0.251 e. The van der Waals surface area contributed by atoms with Gasteiger partial charge in [-0.3, -0.25) is 4.79 Å². The molecule has 0 radical (unpaired) electrons. The van der Waals surface area contributed by atoms with E-state index in [0.29, 0.717) is 11.1 Å². The third-order valence-corrected chi connectivity index (χ3v) is 2.73. The molecule has 2 rings (SSSR count). The Morgan fingerprint density at radius 3 is 2.71 bits per heavy atom. The van der Waals surface area contributed by atoms with Crippen LogP contribution in [0.1, 0.15) is 16.8 Å². The molecule has 0 aliphatic heterocycles. The Morgan fingerprint density at radius 2 is 2.00 bits per heavy atom. The first-order chi connectivity index (χ1) is 8.11. The van der Waals surface area contributed by atoms with Gasteiger partial charge in [0.1, 0.15) is 0 Å². The maximum atomic E-state index is 11.4. The van der Waals surface area contributed by atoms with E-state index in [1.165, 1.54) is 0 Å². The minimum Gasteiger partial charge on any atom is -0.326 e. The second-order valence-corrected chi connectivity index (χ2v) is 4.01. The van der Waals surface area contributed by atoms with Crippen LogP contribution in [0.15, 0.2) is 35.1 Å². The van der Waals surface area contributed by atoms with E-state index in [1.807, 2.05) is 31.2 Å². The molecule has 1 N–H and O–H groups in total. The number of rotatable bonds is 1. The lowest BCUT2D eigenvalue weighted by molar-refractivity contribution is 1.11. The summed E-state index contributed by atoms with van der Waals surface area (Å²) in [5.74, 6) is 0. The van der Waals surface area contributed by atoms with Gasteiger partial charge in [-0.05, 0) is 37.6 Å². The maximum absolute atomic E-state index is 11.4. The number of pyridine rings is 1. The lowest BCUT2D eigenvalue weighted by Crippen LogP contribution is -2.11. The van der Waals surface area contributed by atoms with Gasteiger partial charge >= 0.3 is 0 Å². The van der Waals surface area contributed by atoms with Gasteiger partial charge in [0.25, 0.3) is 5.56 Å². The quantitative estimate of drug-likeness (QED) is 0.809. The van der Waals surface area contributed by atoms with Crippen LogP contribution in [0.5, 0.6) is 0 Å². The molecule has 1 aromatic heterocycles. The molecule has 0 saturated heterocycles. The average Bonchev–Trinajstić information content (AvgIpc) is 2.34. The van der Waals surface area contributed by atoms with E-state index < -0.39 is 0 Å². The van der Waals surface area contributed by atoms with Gasteiger partial charge in [-0.15, -0.1) is 0 Å². The van der Waals surface area contributed by atoms with Gasteiger partial charge in [0.05, 0.1) is 11.6 Å². The molecule has 0 amide bonds. The zero-order chi connectivity index (χ0) is 12.4. The van der Waals surface area contributed by atoms with Gasteiger partial charge in [-0.25, -0.2) is 0 Å². The summed E-state index contributed by atoms with van der Waals surface area (Å²) >= 11 is 0. The summed E-state index contributed by atoms with van der Waals surface area (Å²) in [6.07, 6.45) is 0. The fourth-order valence-electron chi connectivity index (χ4n) is 1.78. The predicted molar refractivity (Wildman–Crippen MR) is 66.7 cm³/mol. The van der Waals surface area contributed by atoms with E-state index in [2.05, 4.69) is 11.1 Å². The van der Waals surface area contributed by atoms with Gasteiger partial charge in [0, 0.05) is 16.8 Å². The minimum atomic E-state index is -0.0670. The zero-order valence-corrected chi connectivity index (χ0v) is 9.74. The van der Waals surface area contributed by atoms with Gasteiger partial charge in [0.2, 0.25) is 0 Å². The van der Waals surface area contributed by atoms with Crippen molar-refractivity contribution in [3.8, 4) is 17.2 Å². The fourth-order valence-corrected chi connectivity index (χ4v) is 1.78. The number of nitrogens with one attached hydrogen (secondary N) is 1. The summed E-state index contributed by atoms with van der Waals surface area (Å²) in [5, 5.41) is 8.87. The van der Waals surface area contributed by atoms with Crippen LogP contribution in [-0.4, -0.2) is 4.98 Å². The highest BCUT2D eigenvalue weighted by atomic mass is 16.1. The van der Waals surface area contributed by atoms with E-state index in [9.17, 15) is 4.79 Å². The number of aromatic nitrogens is 1. The zero-order valence-electron chi connectivity index (χ0n) is 9.74. The number of aromatic amines is 1. The molecule has 0 fully saturated rings. The summed E-state index contributed by atoms with van der Waals surface area (Å²) in [5.41, 5.74) is 3.94. The first-order valence-corrected chi connectivity index (χ1v) is 5.33. The van der Waals surface area contributed by atoms with Crippen molar-refractivity contribution in [3.05, 3.63) is 57.5 Å². The van der Waals surface area contributed by atoms with Gasteiger partial charge in [-0.2, -0.15) is 5.26 Å². The Balaban J connectivity index is 2.65. The molecule has 1 aromatic carbocycles. The Morgan fingerprint density at radius 1 is 1.24 bits per heavy atom. The molecule has 0 atom stereocenters. The van der Waals surface area contributed by atoms with Crippen molar-refractivity contribution in [1.29, 1.82) is 5.26 Å². The average molecular weight is 224 g/mol. The fraction of sp³-hybridized carbons (Fsp3) is 0.143. The standard InChI is InChI=1S/C14H12N2O/c1-9-6-13(10(2)16-14(9)17)12-5-3-4-11(7-12)8-15/h3-7H,1-2H3,(H,16,17). The predicted octanol–water partition coefficient (Wildman–Crippen LogP) is 2.53. The van der Waals surface area contributed by atoms with Gasteiger partial charge < -0.3 is 4.98 Å². The van der Waals surface area contributed by atoms with Crippen molar-refractivity contribution >= 4 is 0 Å². The number of benzene rings is 1. The highest BCUT2D eigenvalue weighted by Crippen LogP contribution is 2.22. The molecule has 0 aliphatic rings. The van der Waals surface area contributed by atoms with E-state index >= 15 is 0 Å². The minimum absolute atomic E-state index is 0.0670. The van der Waals surface area contributed by atoms with Crippen molar-refractivity contribution in [2.45, 2.75) is 13.8 Å². The Hall–Kier alpha value is -2.34. The van der Waals surface area contributed by atoms with Crippen LogP contribution in [-0.2, 0) is 0 Å². The molecule has 17 heavy (non-hydrogen) atoms. The summed E-state index contributed by atoms with van der Waals surface area (Å²) in [7, 11) is 0. The lowest BCUT2D eigenvalue weighted by atomic mass is 10.0. The number of hydrogen-bond acceptors (Lipinski definition) is 2. The summed E-state index contributed by atoms with van der Waals surface area (Å²) in [4.78, 5) is 14.2. The second-order valence-electron chi connectivity index (χ2n) is 4.01. The molecule has 0 aliphatic carbocycles. The molecular weight excluding hydrogens is 212 g/mol. The van der Waals surface area contributed by atoms with Gasteiger partial charge in [0.15, 0.2) is 0 Å². The molecule has 1 heterocycles. The first kappa shape index (κ1) is 11.2. The third-order valence-electron chi connectivity index (χ3n) is 2.73. The molecule has 2 aromatic rings. The highest BCUT2D eigenvalue weighted by Gasteiger charge is 2.05. The second kappa shape index (κ2) is 4.26. The molecule has 3 heteroatoms. The normalized spacial score (nSPS) is 9.94. The maximum Gasteiger partial charge on any atom is 0.251 e. The monoisotopic (exact) mass is 224 g/mol. The van der Waals surface area contributed by atoms with Crippen LogP contribution < -0.4 is 5.56 Å². The van der Waals surface area contributed by atoms with Crippen LogP contribution >= 0.6 is 0 Å².